The Bertz CT molecular complexity index is 596. The fourth-order valence-electron chi connectivity index (χ4n) is 2.90. The van der Waals surface area contributed by atoms with Crippen molar-refractivity contribution in [3.63, 3.8) is 0 Å². The molecule has 1 aromatic carbocycles. The minimum Gasteiger partial charge on any atom is -0.459 e. The zero-order chi connectivity index (χ0) is 14.8. The summed E-state index contributed by atoms with van der Waals surface area (Å²) in [5.41, 5.74) is 0.873. The zero-order valence-electron chi connectivity index (χ0n) is 12.6. The lowest BCUT2D eigenvalue weighted by Crippen LogP contribution is -2.34. The maximum atomic E-state index is 12.4. The average molecular weight is 286 g/mol. The van der Waals surface area contributed by atoms with Crippen molar-refractivity contribution in [3.8, 4) is 0 Å². The van der Waals surface area contributed by atoms with Crippen LogP contribution in [0.4, 0.5) is 0 Å². The molecule has 1 saturated heterocycles. The van der Waals surface area contributed by atoms with Crippen molar-refractivity contribution in [2.24, 2.45) is 0 Å². The zero-order valence-corrected chi connectivity index (χ0v) is 12.6. The quantitative estimate of drug-likeness (QED) is 0.939. The largest absolute Gasteiger partial charge is 0.459 e. The van der Waals surface area contributed by atoms with E-state index in [9.17, 15) is 4.79 Å². The van der Waals surface area contributed by atoms with E-state index in [-0.39, 0.29) is 11.9 Å². The molecule has 2 aromatic rings. The van der Waals surface area contributed by atoms with Crippen LogP contribution in [0.15, 0.2) is 34.7 Å². The van der Waals surface area contributed by atoms with Crippen LogP contribution in [0.3, 0.4) is 0 Å². The van der Waals surface area contributed by atoms with Gasteiger partial charge in [0.1, 0.15) is 11.3 Å². The van der Waals surface area contributed by atoms with Crippen molar-refractivity contribution < 1.29 is 9.21 Å². The molecule has 1 fully saturated rings. The van der Waals surface area contributed by atoms with E-state index < -0.39 is 0 Å². The number of para-hydroxylation sites is 1. The van der Waals surface area contributed by atoms with E-state index >= 15 is 0 Å². The van der Waals surface area contributed by atoms with Gasteiger partial charge in [-0.1, -0.05) is 18.2 Å². The Kier molecular flexibility index (Phi) is 3.97. The molecule has 21 heavy (non-hydrogen) atoms. The third kappa shape index (κ3) is 2.95. The second kappa shape index (κ2) is 5.90. The van der Waals surface area contributed by atoms with Crippen LogP contribution in [-0.2, 0) is 4.79 Å². The molecule has 1 amide bonds. The minimum atomic E-state index is -0.0497. The van der Waals surface area contributed by atoms with E-state index in [0.717, 1.165) is 29.7 Å². The lowest BCUT2D eigenvalue weighted by atomic mass is 10.1. The molecular weight excluding hydrogens is 264 g/mol. The number of carbonyl (C=O) groups excluding carboxylic acids is 1. The predicted molar refractivity (Wildman–Crippen MR) is 83.0 cm³/mol. The highest BCUT2D eigenvalue weighted by molar-refractivity contribution is 5.79. The van der Waals surface area contributed by atoms with Gasteiger partial charge in [0.15, 0.2) is 0 Å². The highest BCUT2D eigenvalue weighted by Gasteiger charge is 2.24. The lowest BCUT2D eigenvalue weighted by molar-refractivity contribution is -0.132. The fourth-order valence-corrected chi connectivity index (χ4v) is 2.90. The van der Waals surface area contributed by atoms with Gasteiger partial charge in [-0.3, -0.25) is 4.79 Å². The number of hydrogen-bond donors (Lipinski definition) is 1. The second-order valence-corrected chi connectivity index (χ2v) is 5.86. The molecule has 0 saturated carbocycles. The van der Waals surface area contributed by atoms with Gasteiger partial charge in [0.05, 0.1) is 6.04 Å². The van der Waals surface area contributed by atoms with Gasteiger partial charge in [-0.15, -0.1) is 0 Å². The van der Waals surface area contributed by atoms with Crippen LogP contribution in [0.25, 0.3) is 11.0 Å². The molecule has 0 spiro atoms. The Morgan fingerprint density at radius 1 is 1.48 bits per heavy atom. The molecule has 1 aliphatic rings. The topological polar surface area (TPSA) is 45.5 Å². The second-order valence-electron chi connectivity index (χ2n) is 5.86. The van der Waals surface area contributed by atoms with E-state index in [1.807, 2.05) is 44.3 Å². The van der Waals surface area contributed by atoms with Gasteiger partial charge >= 0.3 is 0 Å². The van der Waals surface area contributed by atoms with Crippen molar-refractivity contribution in [3.05, 3.63) is 36.1 Å². The molecule has 0 aliphatic carbocycles. The Morgan fingerprint density at radius 3 is 3.00 bits per heavy atom. The summed E-state index contributed by atoms with van der Waals surface area (Å²) in [7, 11) is 1.86. The van der Waals surface area contributed by atoms with Crippen molar-refractivity contribution in [2.75, 3.05) is 13.6 Å². The summed E-state index contributed by atoms with van der Waals surface area (Å²) in [4.78, 5) is 14.2. The summed E-state index contributed by atoms with van der Waals surface area (Å²) in [5, 5.41) is 4.45. The highest BCUT2D eigenvalue weighted by atomic mass is 16.3. The average Bonchev–Trinajstić information content (AvgIpc) is 3.14. The number of benzene rings is 1. The van der Waals surface area contributed by atoms with Gasteiger partial charge in [-0.2, -0.15) is 0 Å². The maximum absolute atomic E-state index is 12.4. The summed E-state index contributed by atoms with van der Waals surface area (Å²) < 4.78 is 5.86. The van der Waals surface area contributed by atoms with Crippen LogP contribution in [0, 0.1) is 0 Å². The summed E-state index contributed by atoms with van der Waals surface area (Å²) in [6, 6.07) is 10.2. The number of furan rings is 1. The van der Waals surface area contributed by atoms with E-state index in [2.05, 4.69) is 5.32 Å². The van der Waals surface area contributed by atoms with Gasteiger partial charge in [0.25, 0.3) is 0 Å². The normalized spacial score (nSPS) is 19.8. The Morgan fingerprint density at radius 2 is 2.29 bits per heavy atom. The fraction of sp³-hybridized carbons (Fsp3) is 0.471. The molecule has 1 aromatic heterocycles. The number of rotatable bonds is 4. The van der Waals surface area contributed by atoms with Crippen molar-refractivity contribution in [1.29, 1.82) is 0 Å². The van der Waals surface area contributed by atoms with Crippen molar-refractivity contribution in [1.82, 2.24) is 10.2 Å². The smallest absolute Gasteiger partial charge is 0.224 e. The molecule has 112 valence electrons. The van der Waals surface area contributed by atoms with Crippen LogP contribution in [-0.4, -0.2) is 30.4 Å². The standard InChI is InChI=1S/C17H22N2O2/c1-12(16-10-13-6-3-4-8-15(13)21-16)19(2)17(20)11-14-7-5-9-18-14/h3-4,6,8,10,12,14,18H,5,7,9,11H2,1-2H3. The minimum absolute atomic E-state index is 0.0497. The summed E-state index contributed by atoms with van der Waals surface area (Å²) in [6.45, 7) is 3.04. The molecule has 1 aliphatic heterocycles. The Hall–Kier alpha value is -1.81. The van der Waals surface area contributed by atoms with E-state index in [0.29, 0.717) is 12.5 Å². The molecular formula is C17H22N2O2. The first-order valence-electron chi connectivity index (χ1n) is 7.62. The van der Waals surface area contributed by atoms with Crippen molar-refractivity contribution in [2.45, 2.75) is 38.3 Å². The van der Waals surface area contributed by atoms with Crippen LogP contribution in [0.1, 0.15) is 38.0 Å². The predicted octanol–water partition coefficient (Wildman–Crippen LogP) is 3.09. The molecule has 4 heteroatoms. The molecule has 3 rings (SSSR count). The number of nitrogens with zero attached hydrogens (tertiary/aromatic N) is 1. The summed E-state index contributed by atoms with van der Waals surface area (Å²) in [5.74, 6) is 1.01. The first kappa shape index (κ1) is 14.1. The number of amides is 1. The summed E-state index contributed by atoms with van der Waals surface area (Å²) in [6.07, 6.45) is 2.83. The molecule has 4 nitrogen and oxygen atoms in total. The van der Waals surface area contributed by atoms with E-state index in [1.54, 1.807) is 4.90 Å². The third-order valence-electron chi connectivity index (χ3n) is 4.41. The maximum Gasteiger partial charge on any atom is 0.224 e. The van der Waals surface area contributed by atoms with Gasteiger partial charge in [-0.05, 0) is 38.4 Å². The van der Waals surface area contributed by atoms with Crippen LogP contribution in [0.2, 0.25) is 0 Å². The lowest BCUT2D eigenvalue weighted by Gasteiger charge is -2.24. The van der Waals surface area contributed by atoms with Crippen LogP contribution >= 0.6 is 0 Å². The van der Waals surface area contributed by atoms with Gasteiger partial charge in [0.2, 0.25) is 5.91 Å². The number of fused-ring (bicyclic) bond motifs is 1. The van der Waals surface area contributed by atoms with Crippen molar-refractivity contribution >= 4 is 16.9 Å². The number of hydrogen-bond acceptors (Lipinski definition) is 3. The third-order valence-corrected chi connectivity index (χ3v) is 4.41. The molecule has 2 atom stereocenters. The molecule has 0 radical (unpaired) electrons. The number of nitrogens with one attached hydrogen (secondary N) is 1. The van der Waals surface area contributed by atoms with E-state index in [1.165, 1.54) is 6.42 Å². The SMILES string of the molecule is CC(c1cc2ccccc2o1)N(C)C(=O)CC1CCCN1. The van der Waals surface area contributed by atoms with E-state index in [4.69, 9.17) is 4.42 Å². The van der Waals surface area contributed by atoms with Gasteiger partial charge in [-0.25, -0.2) is 0 Å². The molecule has 1 N–H and O–H groups in total. The van der Waals surface area contributed by atoms with Crippen LogP contribution in [0.5, 0.6) is 0 Å². The van der Waals surface area contributed by atoms with Gasteiger partial charge in [0, 0.05) is 24.9 Å². The molecule has 0 bridgehead atoms. The molecule has 2 heterocycles. The first-order chi connectivity index (χ1) is 10.1. The van der Waals surface area contributed by atoms with Gasteiger partial charge < -0.3 is 14.6 Å². The number of carbonyl (C=O) groups is 1. The summed E-state index contributed by atoms with van der Waals surface area (Å²) >= 11 is 0. The molecule has 2 unspecified atom stereocenters. The van der Waals surface area contributed by atoms with Crippen LogP contribution < -0.4 is 5.32 Å². The Balaban J connectivity index is 1.70. The Labute approximate surface area is 125 Å². The highest BCUT2D eigenvalue weighted by Crippen LogP contribution is 2.27. The monoisotopic (exact) mass is 286 g/mol. The first-order valence-corrected chi connectivity index (χ1v) is 7.62.